The molecule has 0 bridgehead atoms. The molecule has 3 nitrogen and oxygen atoms in total. The molecular weight excluding hydrogens is 305 g/mol. The highest BCUT2D eigenvalue weighted by Gasteiger charge is 2.30. The second kappa shape index (κ2) is 6.73. The van der Waals surface area contributed by atoms with Crippen molar-refractivity contribution in [3.63, 3.8) is 0 Å². The fourth-order valence-electron chi connectivity index (χ4n) is 2.12. The zero-order chi connectivity index (χ0) is 17.0. The molecule has 2 aromatic heterocycles. The monoisotopic (exact) mass is 322 g/mol. The van der Waals surface area contributed by atoms with Gasteiger partial charge in [-0.25, -0.2) is 4.98 Å². The molecule has 0 radical (unpaired) electrons. The van der Waals surface area contributed by atoms with Gasteiger partial charge in [0.2, 0.25) is 0 Å². The smallest absolute Gasteiger partial charge is 0.406 e. The molecule has 0 atom stereocenters. The number of ether oxygens (including phenoxy) is 1. The first-order valence-electron chi connectivity index (χ1n) is 7.23. The first kappa shape index (κ1) is 16.9. The summed E-state index contributed by atoms with van der Waals surface area (Å²) in [6, 6.07) is 9.52. The zero-order valence-electron chi connectivity index (χ0n) is 13.1. The van der Waals surface area contributed by atoms with E-state index in [1.165, 1.54) is 12.1 Å². The Morgan fingerprint density at radius 3 is 2.26 bits per heavy atom. The van der Waals surface area contributed by atoms with Crippen LogP contribution in [0.25, 0.3) is 16.9 Å². The van der Waals surface area contributed by atoms with Crippen LogP contribution in [0.1, 0.15) is 19.4 Å². The number of aromatic nitrogens is 2. The van der Waals surface area contributed by atoms with E-state index in [4.69, 9.17) is 0 Å². The number of nitrogens with zero attached hydrogens (tertiary/aromatic N) is 2. The van der Waals surface area contributed by atoms with Crippen LogP contribution >= 0.6 is 0 Å². The minimum Gasteiger partial charge on any atom is -0.406 e. The lowest BCUT2D eigenvalue weighted by Crippen LogP contribution is -2.16. The highest BCUT2D eigenvalue weighted by molar-refractivity contribution is 5.64. The number of fused-ring (bicyclic) bond motifs is 1. The van der Waals surface area contributed by atoms with Gasteiger partial charge < -0.3 is 9.14 Å². The van der Waals surface area contributed by atoms with Crippen LogP contribution < -0.4 is 4.74 Å². The lowest BCUT2D eigenvalue weighted by Gasteiger charge is -2.08. The van der Waals surface area contributed by atoms with Crippen molar-refractivity contribution in [2.45, 2.75) is 27.1 Å². The molecule has 6 heteroatoms. The molecule has 0 aliphatic carbocycles. The number of rotatable bonds is 2. The SMILES string of the molecule is CC.Cc1cccn2cc(-c3ccc(OC(F)(F)F)cc3)nc12. The Kier molecular flexibility index (Phi) is 4.93. The van der Waals surface area contributed by atoms with Gasteiger partial charge in [0.05, 0.1) is 5.69 Å². The third-order valence-electron chi connectivity index (χ3n) is 3.06. The van der Waals surface area contributed by atoms with E-state index in [1.807, 2.05) is 49.7 Å². The number of aryl methyl sites for hydroxylation is 1. The summed E-state index contributed by atoms with van der Waals surface area (Å²) in [7, 11) is 0. The fourth-order valence-corrected chi connectivity index (χ4v) is 2.12. The Hall–Kier alpha value is -2.50. The predicted octanol–water partition coefficient (Wildman–Crippen LogP) is 5.23. The van der Waals surface area contributed by atoms with E-state index in [0.717, 1.165) is 16.8 Å². The van der Waals surface area contributed by atoms with Gasteiger partial charge in [0.25, 0.3) is 0 Å². The van der Waals surface area contributed by atoms with Gasteiger partial charge >= 0.3 is 6.36 Å². The largest absolute Gasteiger partial charge is 0.573 e. The fraction of sp³-hybridized carbons (Fsp3) is 0.235. The molecule has 1 aromatic carbocycles. The molecule has 0 aliphatic heterocycles. The summed E-state index contributed by atoms with van der Waals surface area (Å²) in [6.07, 6.45) is -0.969. The molecule has 2 heterocycles. The molecule has 0 unspecified atom stereocenters. The molecule has 0 spiro atoms. The number of alkyl halides is 3. The van der Waals surface area contributed by atoms with Crippen molar-refractivity contribution in [1.82, 2.24) is 9.38 Å². The van der Waals surface area contributed by atoms with Gasteiger partial charge in [0.1, 0.15) is 11.4 Å². The molecule has 0 aliphatic rings. The average Bonchev–Trinajstić information content (AvgIpc) is 2.94. The second-order valence-electron chi connectivity index (χ2n) is 4.62. The number of benzene rings is 1. The van der Waals surface area contributed by atoms with Crippen molar-refractivity contribution >= 4 is 5.65 Å². The summed E-state index contributed by atoms with van der Waals surface area (Å²) in [5.74, 6) is -0.244. The van der Waals surface area contributed by atoms with E-state index in [0.29, 0.717) is 5.69 Å². The maximum absolute atomic E-state index is 12.1. The van der Waals surface area contributed by atoms with Crippen molar-refractivity contribution in [3.8, 4) is 17.0 Å². The Morgan fingerprint density at radius 2 is 1.70 bits per heavy atom. The Bertz CT molecular complexity index is 777. The molecule has 0 saturated carbocycles. The summed E-state index contributed by atoms with van der Waals surface area (Å²) in [4.78, 5) is 4.49. The van der Waals surface area contributed by atoms with Gasteiger partial charge in [0.15, 0.2) is 0 Å². The maximum atomic E-state index is 12.1. The molecule has 0 amide bonds. The van der Waals surface area contributed by atoms with Crippen LogP contribution in [-0.2, 0) is 0 Å². The van der Waals surface area contributed by atoms with Crippen LogP contribution in [0.4, 0.5) is 13.2 Å². The normalized spacial score (nSPS) is 11.0. The number of hydrogen-bond acceptors (Lipinski definition) is 2. The first-order chi connectivity index (χ1) is 10.9. The molecule has 23 heavy (non-hydrogen) atoms. The van der Waals surface area contributed by atoms with Crippen molar-refractivity contribution < 1.29 is 17.9 Å². The second-order valence-corrected chi connectivity index (χ2v) is 4.62. The number of pyridine rings is 1. The molecule has 0 N–H and O–H groups in total. The van der Waals surface area contributed by atoms with E-state index in [1.54, 1.807) is 12.1 Å². The van der Waals surface area contributed by atoms with Gasteiger partial charge in [-0.1, -0.05) is 19.9 Å². The third-order valence-corrected chi connectivity index (χ3v) is 3.06. The topological polar surface area (TPSA) is 26.5 Å². The first-order valence-corrected chi connectivity index (χ1v) is 7.23. The van der Waals surface area contributed by atoms with E-state index in [9.17, 15) is 13.2 Å². The Balaban J connectivity index is 0.000000924. The van der Waals surface area contributed by atoms with Crippen LogP contribution in [-0.4, -0.2) is 15.7 Å². The van der Waals surface area contributed by atoms with E-state index in [2.05, 4.69) is 9.72 Å². The lowest BCUT2D eigenvalue weighted by molar-refractivity contribution is -0.274. The standard InChI is InChI=1S/C15H11F3N2O.C2H6/c1-10-3-2-8-20-9-13(19-14(10)20)11-4-6-12(7-5-11)21-15(16,17)18;1-2/h2-9H,1H3;1-2H3. The average molecular weight is 322 g/mol. The summed E-state index contributed by atoms with van der Waals surface area (Å²) < 4.78 is 42.1. The number of imidazole rings is 1. The number of halogens is 3. The van der Waals surface area contributed by atoms with E-state index >= 15 is 0 Å². The van der Waals surface area contributed by atoms with Crippen LogP contribution in [0.5, 0.6) is 5.75 Å². The Morgan fingerprint density at radius 1 is 1.04 bits per heavy atom. The van der Waals surface area contributed by atoms with Crippen LogP contribution in [0, 0.1) is 6.92 Å². The van der Waals surface area contributed by atoms with Crippen LogP contribution in [0.2, 0.25) is 0 Å². The van der Waals surface area contributed by atoms with E-state index in [-0.39, 0.29) is 5.75 Å². The third kappa shape index (κ3) is 4.03. The molecular formula is C17H17F3N2O. The van der Waals surface area contributed by atoms with Crippen molar-refractivity contribution in [3.05, 3.63) is 54.4 Å². The van der Waals surface area contributed by atoms with Gasteiger partial charge in [-0.15, -0.1) is 13.2 Å². The van der Waals surface area contributed by atoms with Gasteiger partial charge in [-0.2, -0.15) is 0 Å². The minimum absolute atomic E-state index is 0.244. The van der Waals surface area contributed by atoms with Crippen LogP contribution in [0.15, 0.2) is 48.8 Å². The summed E-state index contributed by atoms with van der Waals surface area (Å²) in [5, 5.41) is 0. The highest BCUT2D eigenvalue weighted by atomic mass is 19.4. The summed E-state index contributed by atoms with van der Waals surface area (Å²) in [5.41, 5.74) is 3.28. The van der Waals surface area contributed by atoms with Gasteiger partial charge in [-0.3, -0.25) is 0 Å². The minimum atomic E-state index is -4.68. The van der Waals surface area contributed by atoms with Crippen molar-refractivity contribution in [1.29, 1.82) is 0 Å². The summed E-state index contributed by atoms with van der Waals surface area (Å²) >= 11 is 0. The predicted molar refractivity (Wildman–Crippen MR) is 83.4 cm³/mol. The van der Waals surface area contributed by atoms with E-state index < -0.39 is 6.36 Å². The molecule has 0 saturated heterocycles. The lowest BCUT2D eigenvalue weighted by atomic mass is 10.2. The maximum Gasteiger partial charge on any atom is 0.573 e. The highest BCUT2D eigenvalue weighted by Crippen LogP contribution is 2.26. The molecule has 122 valence electrons. The number of hydrogen-bond donors (Lipinski definition) is 0. The quantitative estimate of drug-likeness (QED) is 0.645. The van der Waals surface area contributed by atoms with Gasteiger partial charge in [0, 0.05) is 18.0 Å². The van der Waals surface area contributed by atoms with Crippen LogP contribution in [0.3, 0.4) is 0 Å². The molecule has 3 aromatic rings. The molecule has 0 fully saturated rings. The molecule has 3 rings (SSSR count). The van der Waals surface area contributed by atoms with Crippen molar-refractivity contribution in [2.75, 3.05) is 0 Å². The zero-order valence-corrected chi connectivity index (χ0v) is 13.1. The Labute approximate surface area is 132 Å². The van der Waals surface area contributed by atoms with Crippen molar-refractivity contribution in [2.24, 2.45) is 0 Å². The summed E-state index contributed by atoms with van der Waals surface area (Å²) in [6.45, 7) is 5.95. The van der Waals surface area contributed by atoms with Gasteiger partial charge in [-0.05, 0) is 42.8 Å².